The topological polar surface area (TPSA) is 220 Å². The van der Waals surface area contributed by atoms with Crippen LogP contribution < -0.4 is 45.1 Å². The van der Waals surface area contributed by atoms with Crippen LogP contribution in [0.5, 0.6) is 0 Å². The first kappa shape index (κ1) is 39.9. The van der Waals surface area contributed by atoms with Crippen molar-refractivity contribution in [2.24, 2.45) is 23.4 Å². The summed E-state index contributed by atoms with van der Waals surface area (Å²) in [5, 5.41) is 0. The maximum Gasteiger partial charge on any atom is 0.233 e. The second-order valence-electron chi connectivity index (χ2n) is 10.3. The van der Waals surface area contributed by atoms with Crippen molar-refractivity contribution in [1.82, 2.24) is 21.7 Å². The lowest BCUT2D eigenvalue weighted by atomic mass is 10.0. The number of rotatable bonds is 26. The smallest absolute Gasteiger partial charge is 0.233 e. The predicted molar refractivity (Wildman–Crippen MR) is 160 cm³/mol. The normalized spacial score (nSPS) is 10.3. The van der Waals surface area contributed by atoms with Gasteiger partial charge in [-0.05, 0) is 25.7 Å². The number of carbonyl (C=O) groups is 4. The minimum absolute atomic E-state index is 0.0661. The van der Waals surface area contributed by atoms with E-state index in [0.717, 1.165) is 64.2 Å². The van der Waals surface area contributed by atoms with Gasteiger partial charge in [0.05, 0.1) is 0 Å². The third-order valence-electron chi connectivity index (χ3n) is 6.76. The van der Waals surface area contributed by atoms with Crippen molar-refractivity contribution in [3.8, 4) is 0 Å². The Bertz CT molecular complexity index is 571. The standard InChI is InChI=1S/C16H34N4O2.C12H26N4O2/c17-19-15(21)13-11-9-7-5-3-1-2-4-6-8-10-12-14-16(22)20-18;13-15-11(17)9-7-5-3-1-2-4-6-8-10-12(18)16-14/h1-14,17-18H2,(H,19,21)(H,20,22);1-10,13-14H2,(H,15,17)(H,16,18). The summed E-state index contributed by atoms with van der Waals surface area (Å²) in [7, 11) is 0. The van der Waals surface area contributed by atoms with Crippen molar-refractivity contribution in [2.45, 2.75) is 154 Å². The van der Waals surface area contributed by atoms with Crippen LogP contribution in [0.3, 0.4) is 0 Å². The maximum atomic E-state index is 10.9. The maximum absolute atomic E-state index is 10.9. The molecule has 0 rings (SSSR count). The lowest BCUT2D eigenvalue weighted by Crippen LogP contribution is -2.29. The minimum Gasteiger partial charge on any atom is -0.294 e. The molecular weight excluding hydrogens is 512 g/mol. The Morgan fingerprint density at radius 1 is 0.275 bits per heavy atom. The Morgan fingerprint density at radius 2 is 0.400 bits per heavy atom. The van der Waals surface area contributed by atoms with Gasteiger partial charge in [-0.3, -0.25) is 40.9 Å². The molecule has 0 aromatic carbocycles. The molecule has 12 N–H and O–H groups in total. The largest absolute Gasteiger partial charge is 0.294 e. The second kappa shape index (κ2) is 32.9. The van der Waals surface area contributed by atoms with E-state index in [2.05, 4.69) is 21.7 Å². The summed E-state index contributed by atoms with van der Waals surface area (Å²) >= 11 is 0. The highest BCUT2D eigenvalue weighted by Crippen LogP contribution is 2.13. The fourth-order valence-electron chi connectivity index (χ4n) is 4.26. The van der Waals surface area contributed by atoms with Crippen LogP contribution in [0.4, 0.5) is 0 Å². The lowest BCUT2D eigenvalue weighted by molar-refractivity contribution is -0.122. The molecule has 12 nitrogen and oxygen atoms in total. The van der Waals surface area contributed by atoms with E-state index < -0.39 is 0 Å². The summed E-state index contributed by atoms with van der Waals surface area (Å²) in [6.45, 7) is 0. The molecule has 0 atom stereocenters. The van der Waals surface area contributed by atoms with Gasteiger partial charge >= 0.3 is 0 Å². The highest BCUT2D eigenvalue weighted by atomic mass is 16.2. The van der Waals surface area contributed by atoms with Gasteiger partial charge in [0.15, 0.2) is 0 Å². The Balaban J connectivity index is 0. The molecule has 236 valence electrons. The number of nitrogens with two attached hydrogens (primary N) is 4. The van der Waals surface area contributed by atoms with Crippen molar-refractivity contribution in [3.63, 3.8) is 0 Å². The van der Waals surface area contributed by atoms with E-state index in [1.54, 1.807) is 0 Å². The monoisotopic (exact) mass is 572 g/mol. The van der Waals surface area contributed by atoms with Crippen LogP contribution in [-0.2, 0) is 19.2 Å². The van der Waals surface area contributed by atoms with Gasteiger partial charge in [0, 0.05) is 25.7 Å². The van der Waals surface area contributed by atoms with E-state index in [1.165, 1.54) is 64.2 Å². The van der Waals surface area contributed by atoms with E-state index in [0.29, 0.717) is 25.7 Å². The molecule has 0 aliphatic heterocycles. The van der Waals surface area contributed by atoms with Crippen molar-refractivity contribution < 1.29 is 19.2 Å². The lowest BCUT2D eigenvalue weighted by Gasteiger charge is -2.03. The molecule has 0 saturated carbocycles. The zero-order chi connectivity index (χ0) is 30.1. The summed E-state index contributed by atoms with van der Waals surface area (Å²) < 4.78 is 0. The zero-order valence-electron chi connectivity index (χ0n) is 24.9. The van der Waals surface area contributed by atoms with Crippen LogP contribution in [0.1, 0.15) is 154 Å². The number of hydrazine groups is 4. The molecule has 0 aliphatic rings. The number of hydrogen-bond donors (Lipinski definition) is 8. The molecule has 0 saturated heterocycles. The van der Waals surface area contributed by atoms with Crippen molar-refractivity contribution in [1.29, 1.82) is 0 Å². The molecule has 0 spiro atoms. The van der Waals surface area contributed by atoms with Gasteiger partial charge in [-0.2, -0.15) is 0 Å². The van der Waals surface area contributed by atoms with Gasteiger partial charge in [-0.1, -0.05) is 103 Å². The first-order chi connectivity index (χ1) is 19.4. The molecule has 0 heterocycles. The van der Waals surface area contributed by atoms with E-state index in [-0.39, 0.29) is 23.6 Å². The molecule has 12 heteroatoms. The number of amides is 4. The van der Waals surface area contributed by atoms with Gasteiger partial charge in [0.2, 0.25) is 23.6 Å². The number of unbranched alkanes of at least 4 members (excludes halogenated alkanes) is 18. The summed E-state index contributed by atoms with van der Waals surface area (Å²) in [6, 6.07) is 0. The summed E-state index contributed by atoms with van der Waals surface area (Å²) in [5.41, 5.74) is 8.55. The minimum atomic E-state index is -0.0896. The molecule has 40 heavy (non-hydrogen) atoms. The molecular formula is C28H60N8O4. The molecule has 0 unspecified atom stereocenters. The van der Waals surface area contributed by atoms with Crippen LogP contribution in [0.2, 0.25) is 0 Å². The van der Waals surface area contributed by atoms with E-state index in [4.69, 9.17) is 23.4 Å². The molecule has 0 aromatic heterocycles. The first-order valence-corrected chi connectivity index (χ1v) is 15.4. The van der Waals surface area contributed by atoms with Crippen LogP contribution >= 0.6 is 0 Å². The van der Waals surface area contributed by atoms with Crippen molar-refractivity contribution in [2.75, 3.05) is 0 Å². The highest BCUT2D eigenvalue weighted by Gasteiger charge is 2.00. The number of nitrogens with one attached hydrogen (secondary N) is 4. The van der Waals surface area contributed by atoms with Crippen LogP contribution in [0, 0.1) is 0 Å². The zero-order valence-corrected chi connectivity index (χ0v) is 24.9. The Morgan fingerprint density at radius 3 is 0.525 bits per heavy atom. The third-order valence-corrected chi connectivity index (χ3v) is 6.76. The summed E-state index contributed by atoms with van der Waals surface area (Å²) in [5.74, 6) is 19.7. The Labute approximate surface area is 242 Å². The van der Waals surface area contributed by atoms with E-state index in [1.807, 2.05) is 0 Å². The SMILES string of the molecule is NNC(=O)CCCCCCCCCCC(=O)NN.NNC(=O)CCCCCCCCCCCCCCC(=O)NN. The second-order valence-corrected chi connectivity index (χ2v) is 10.3. The quantitative estimate of drug-likeness (QED) is 0.0331. The molecule has 0 aromatic rings. The first-order valence-electron chi connectivity index (χ1n) is 15.4. The Hall–Kier alpha value is -2.28. The van der Waals surface area contributed by atoms with Crippen LogP contribution in [-0.4, -0.2) is 23.6 Å². The molecule has 0 fully saturated rings. The fourth-order valence-corrected chi connectivity index (χ4v) is 4.26. The van der Waals surface area contributed by atoms with Crippen molar-refractivity contribution >= 4 is 23.6 Å². The molecule has 0 bridgehead atoms. The summed E-state index contributed by atoms with van der Waals surface area (Å²) in [4.78, 5) is 43.4. The average molecular weight is 573 g/mol. The van der Waals surface area contributed by atoms with E-state index in [9.17, 15) is 19.2 Å². The number of hydrogen-bond acceptors (Lipinski definition) is 8. The fraction of sp³-hybridized carbons (Fsp3) is 0.857. The molecule has 0 radical (unpaired) electrons. The Kier molecular flexibility index (Phi) is 32.8. The molecule has 4 amide bonds. The van der Waals surface area contributed by atoms with Gasteiger partial charge in [-0.15, -0.1) is 0 Å². The van der Waals surface area contributed by atoms with Gasteiger partial charge < -0.3 is 0 Å². The van der Waals surface area contributed by atoms with Crippen LogP contribution in [0.15, 0.2) is 0 Å². The average Bonchev–Trinajstić information content (AvgIpc) is 2.97. The highest BCUT2D eigenvalue weighted by molar-refractivity contribution is 5.76. The van der Waals surface area contributed by atoms with Gasteiger partial charge in [0.25, 0.3) is 0 Å². The van der Waals surface area contributed by atoms with Crippen LogP contribution in [0.25, 0.3) is 0 Å². The third kappa shape index (κ3) is 33.7. The summed E-state index contributed by atoms with van der Waals surface area (Å²) in [6.07, 6.45) is 25.0. The van der Waals surface area contributed by atoms with Gasteiger partial charge in [0.1, 0.15) is 0 Å². The number of carbonyl (C=O) groups excluding carboxylic acids is 4. The van der Waals surface area contributed by atoms with E-state index >= 15 is 0 Å². The molecule has 0 aliphatic carbocycles. The van der Waals surface area contributed by atoms with Crippen molar-refractivity contribution in [3.05, 3.63) is 0 Å². The predicted octanol–water partition coefficient (Wildman–Crippen LogP) is 3.29. The van der Waals surface area contributed by atoms with Gasteiger partial charge in [-0.25, -0.2) is 23.4 Å².